The van der Waals surface area contributed by atoms with Gasteiger partial charge in [0.25, 0.3) is 0 Å². The average molecular weight is 261 g/mol. The number of unbranched alkanes of at least 4 members (excludes halogenated alkanes) is 1. The van der Waals surface area contributed by atoms with Crippen LogP contribution in [0.15, 0.2) is 0 Å². The summed E-state index contributed by atoms with van der Waals surface area (Å²) in [6, 6.07) is 0.209. The van der Waals surface area contributed by atoms with Crippen molar-refractivity contribution in [1.29, 1.82) is 0 Å². The van der Waals surface area contributed by atoms with Gasteiger partial charge in [-0.3, -0.25) is 9.59 Å². The highest BCUT2D eigenvalue weighted by Gasteiger charge is 2.07. The number of rotatable bonds is 10. The monoisotopic (exact) mass is 261 g/mol. The number of carboxylic acid groups (broad SMARTS) is 1. The maximum absolute atomic E-state index is 11.5. The Morgan fingerprint density at radius 2 is 1.94 bits per heavy atom. The first-order valence-corrected chi connectivity index (χ1v) is 7.30. The Morgan fingerprint density at radius 3 is 2.53 bits per heavy atom. The number of hydrogen-bond acceptors (Lipinski definition) is 3. The van der Waals surface area contributed by atoms with Gasteiger partial charge in [-0.05, 0) is 37.7 Å². The summed E-state index contributed by atoms with van der Waals surface area (Å²) in [5, 5.41) is 11.4. The van der Waals surface area contributed by atoms with Crippen molar-refractivity contribution in [1.82, 2.24) is 5.32 Å². The number of nitrogens with one attached hydrogen (secondary N) is 1. The molecule has 0 aromatic heterocycles. The predicted octanol–water partition coefficient (Wildman–Crippen LogP) is 2.28. The number of hydrogen-bond donors (Lipinski definition) is 2. The molecule has 0 bridgehead atoms. The van der Waals surface area contributed by atoms with Crippen LogP contribution in [0, 0.1) is 0 Å². The van der Waals surface area contributed by atoms with Gasteiger partial charge in [0.2, 0.25) is 5.91 Å². The topological polar surface area (TPSA) is 66.4 Å². The molecule has 4 nitrogen and oxygen atoms in total. The molecular formula is C12H23NO3S. The Morgan fingerprint density at radius 1 is 1.29 bits per heavy atom. The Balaban J connectivity index is 3.47. The number of carbonyl (C=O) groups is 2. The Bertz CT molecular complexity index is 234. The van der Waals surface area contributed by atoms with Crippen molar-refractivity contribution in [2.75, 3.05) is 11.5 Å². The van der Waals surface area contributed by atoms with E-state index in [2.05, 4.69) is 12.2 Å². The van der Waals surface area contributed by atoms with Crippen LogP contribution in [-0.4, -0.2) is 34.5 Å². The van der Waals surface area contributed by atoms with Gasteiger partial charge in [0, 0.05) is 18.9 Å². The van der Waals surface area contributed by atoms with Crippen LogP contribution in [-0.2, 0) is 9.59 Å². The van der Waals surface area contributed by atoms with Gasteiger partial charge in [-0.1, -0.05) is 6.92 Å². The van der Waals surface area contributed by atoms with Crippen LogP contribution in [0.4, 0.5) is 0 Å². The van der Waals surface area contributed by atoms with E-state index >= 15 is 0 Å². The quantitative estimate of drug-likeness (QED) is 0.592. The molecule has 1 amide bonds. The molecule has 1 atom stereocenters. The highest BCUT2D eigenvalue weighted by molar-refractivity contribution is 7.99. The van der Waals surface area contributed by atoms with E-state index in [1.54, 1.807) is 0 Å². The molecule has 0 fully saturated rings. The van der Waals surface area contributed by atoms with E-state index in [0.717, 1.165) is 17.9 Å². The summed E-state index contributed by atoms with van der Waals surface area (Å²) in [7, 11) is 0. The maximum atomic E-state index is 11.5. The molecule has 0 aromatic rings. The summed E-state index contributed by atoms with van der Waals surface area (Å²) >= 11 is 1.87. The van der Waals surface area contributed by atoms with Crippen LogP contribution in [0.3, 0.4) is 0 Å². The van der Waals surface area contributed by atoms with E-state index in [0.29, 0.717) is 19.3 Å². The number of thioether (sulfide) groups is 1. The summed E-state index contributed by atoms with van der Waals surface area (Å²) < 4.78 is 0. The lowest BCUT2D eigenvalue weighted by molar-refractivity contribution is -0.137. The zero-order chi connectivity index (χ0) is 13.1. The van der Waals surface area contributed by atoms with Crippen LogP contribution in [0.1, 0.15) is 46.0 Å². The number of carbonyl (C=O) groups excluding carboxylic acids is 1. The van der Waals surface area contributed by atoms with Gasteiger partial charge < -0.3 is 10.4 Å². The minimum absolute atomic E-state index is 0.0318. The first-order chi connectivity index (χ1) is 8.06. The van der Waals surface area contributed by atoms with Crippen LogP contribution in [0.5, 0.6) is 0 Å². The molecule has 0 heterocycles. The summed E-state index contributed by atoms with van der Waals surface area (Å²) in [4.78, 5) is 21.7. The number of aliphatic carboxylic acids is 1. The molecule has 2 N–H and O–H groups in total. The lowest BCUT2D eigenvalue weighted by atomic mass is 10.1. The van der Waals surface area contributed by atoms with Gasteiger partial charge >= 0.3 is 5.97 Å². The maximum Gasteiger partial charge on any atom is 0.303 e. The van der Waals surface area contributed by atoms with Gasteiger partial charge in [-0.15, -0.1) is 0 Å². The van der Waals surface area contributed by atoms with E-state index in [4.69, 9.17) is 5.11 Å². The molecule has 1 unspecified atom stereocenters. The number of carboxylic acids is 1. The molecule has 0 radical (unpaired) electrons. The van der Waals surface area contributed by atoms with Crippen molar-refractivity contribution in [2.45, 2.75) is 52.0 Å². The largest absolute Gasteiger partial charge is 0.481 e. The lowest BCUT2D eigenvalue weighted by Gasteiger charge is -2.13. The first-order valence-electron chi connectivity index (χ1n) is 6.15. The standard InChI is InChI=1S/C12H23NO3S/c1-3-17-9-8-10(2)13-11(14)6-4-5-7-12(15)16/h10H,3-9H2,1-2H3,(H,13,14)(H,15,16). The Labute approximate surface area is 108 Å². The van der Waals surface area contributed by atoms with Crippen LogP contribution < -0.4 is 5.32 Å². The van der Waals surface area contributed by atoms with E-state index in [-0.39, 0.29) is 18.4 Å². The molecule has 0 aliphatic heterocycles. The van der Waals surface area contributed by atoms with Crippen molar-refractivity contribution in [3.05, 3.63) is 0 Å². The van der Waals surface area contributed by atoms with Crippen molar-refractivity contribution < 1.29 is 14.7 Å². The highest BCUT2D eigenvalue weighted by Crippen LogP contribution is 2.05. The van der Waals surface area contributed by atoms with Crippen molar-refractivity contribution in [3.8, 4) is 0 Å². The predicted molar refractivity (Wildman–Crippen MR) is 71.3 cm³/mol. The summed E-state index contributed by atoms with van der Waals surface area (Å²) in [6.45, 7) is 4.13. The van der Waals surface area contributed by atoms with Crippen molar-refractivity contribution in [3.63, 3.8) is 0 Å². The minimum Gasteiger partial charge on any atom is -0.481 e. The highest BCUT2D eigenvalue weighted by atomic mass is 32.2. The minimum atomic E-state index is -0.796. The van der Waals surface area contributed by atoms with Gasteiger partial charge in [-0.25, -0.2) is 0 Å². The second-order valence-electron chi connectivity index (χ2n) is 4.06. The van der Waals surface area contributed by atoms with Crippen LogP contribution >= 0.6 is 11.8 Å². The normalized spacial score (nSPS) is 12.1. The smallest absolute Gasteiger partial charge is 0.303 e. The van der Waals surface area contributed by atoms with Gasteiger partial charge in [0.15, 0.2) is 0 Å². The molecule has 0 saturated heterocycles. The molecule has 0 rings (SSSR count). The van der Waals surface area contributed by atoms with Gasteiger partial charge in [-0.2, -0.15) is 11.8 Å². The van der Waals surface area contributed by atoms with Crippen molar-refractivity contribution in [2.24, 2.45) is 0 Å². The van der Waals surface area contributed by atoms with Gasteiger partial charge in [0.05, 0.1) is 0 Å². The zero-order valence-corrected chi connectivity index (χ0v) is 11.5. The fourth-order valence-corrected chi connectivity index (χ4v) is 2.19. The first kappa shape index (κ1) is 16.3. The van der Waals surface area contributed by atoms with E-state index in [1.807, 2.05) is 18.7 Å². The van der Waals surface area contributed by atoms with Gasteiger partial charge in [0.1, 0.15) is 0 Å². The fourth-order valence-electron chi connectivity index (χ4n) is 1.39. The second kappa shape index (κ2) is 10.4. The summed E-state index contributed by atoms with van der Waals surface area (Å²) in [6.07, 6.45) is 2.78. The molecule has 0 saturated carbocycles. The van der Waals surface area contributed by atoms with E-state index in [1.165, 1.54) is 0 Å². The van der Waals surface area contributed by atoms with Crippen molar-refractivity contribution >= 4 is 23.6 Å². The molecule has 0 aliphatic rings. The third-order valence-electron chi connectivity index (χ3n) is 2.35. The van der Waals surface area contributed by atoms with Crippen LogP contribution in [0.25, 0.3) is 0 Å². The lowest BCUT2D eigenvalue weighted by Crippen LogP contribution is -2.32. The third-order valence-corrected chi connectivity index (χ3v) is 3.28. The molecule has 100 valence electrons. The molecule has 5 heteroatoms. The molecular weight excluding hydrogens is 238 g/mol. The van der Waals surface area contributed by atoms with E-state index < -0.39 is 5.97 Å². The summed E-state index contributed by atoms with van der Waals surface area (Å²) in [5.41, 5.74) is 0. The molecule has 0 aliphatic carbocycles. The molecule has 0 aromatic carbocycles. The molecule has 0 spiro atoms. The SMILES string of the molecule is CCSCCC(C)NC(=O)CCCCC(=O)O. The zero-order valence-electron chi connectivity index (χ0n) is 10.7. The Hall–Kier alpha value is -0.710. The van der Waals surface area contributed by atoms with E-state index in [9.17, 15) is 9.59 Å². The average Bonchev–Trinajstić information content (AvgIpc) is 2.24. The Kier molecular flexibility index (Phi) is 10.0. The van der Waals surface area contributed by atoms with Crippen LogP contribution in [0.2, 0.25) is 0 Å². The fraction of sp³-hybridized carbons (Fsp3) is 0.833. The third kappa shape index (κ3) is 11.6. The molecule has 17 heavy (non-hydrogen) atoms. The summed E-state index contributed by atoms with van der Waals surface area (Å²) in [5.74, 6) is 1.41. The number of amides is 1. The second-order valence-corrected chi connectivity index (χ2v) is 5.45.